The molecule has 0 aliphatic heterocycles. The van der Waals surface area contributed by atoms with Crippen LogP contribution in [-0.2, 0) is 17.8 Å². The molecule has 1 aromatic heterocycles. The number of aryl methyl sites for hydroxylation is 1. The number of pyridine rings is 1. The van der Waals surface area contributed by atoms with Crippen LogP contribution >= 0.6 is 0 Å². The number of hydrogen-bond donors (Lipinski definition) is 1. The third-order valence-corrected chi connectivity index (χ3v) is 3.93. The largest absolute Gasteiger partial charge is 0.481 e. The monoisotopic (exact) mass is 325 g/mol. The number of rotatable bonds is 4. The van der Waals surface area contributed by atoms with Crippen LogP contribution in [0.1, 0.15) is 16.7 Å². The predicted molar refractivity (Wildman–Crippen MR) is 89.8 cm³/mol. The summed E-state index contributed by atoms with van der Waals surface area (Å²) in [5.41, 5.74) is 2.43. The van der Waals surface area contributed by atoms with Crippen molar-refractivity contribution in [3.63, 3.8) is 0 Å². The van der Waals surface area contributed by atoms with E-state index in [1.165, 1.54) is 6.07 Å². The number of nitrogens with zero attached hydrogens (tertiary/aromatic N) is 1. The zero-order chi connectivity index (χ0) is 17.3. The minimum Gasteiger partial charge on any atom is -0.481 e. The molecule has 0 aliphatic carbocycles. The zero-order valence-corrected chi connectivity index (χ0v) is 13.1. The van der Waals surface area contributed by atoms with Gasteiger partial charge in [-0.2, -0.15) is 0 Å². The van der Waals surface area contributed by atoms with E-state index in [-0.39, 0.29) is 17.4 Å². The third kappa shape index (κ3) is 3.20. The SMILES string of the molecule is Cc1ccc(Cn2cc(CC(=O)O)c(=O)c3cc(F)ccc32)cc1. The van der Waals surface area contributed by atoms with E-state index in [1.54, 1.807) is 16.8 Å². The Hall–Kier alpha value is -2.95. The molecule has 24 heavy (non-hydrogen) atoms. The Labute approximate surface area is 137 Å². The molecule has 4 nitrogen and oxygen atoms in total. The lowest BCUT2D eigenvalue weighted by atomic mass is 10.1. The molecule has 0 saturated heterocycles. The lowest BCUT2D eigenvalue weighted by Gasteiger charge is -2.13. The Morgan fingerprint density at radius 1 is 1.17 bits per heavy atom. The van der Waals surface area contributed by atoms with Gasteiger partial charge in [0.1, 0.15) is 5.82 Å². The number of carboxylic acids is 1. The van der Waals surface area contributed by atoms with Crippen molar-refractivity contribution in [3.05, 3.63) is 81.4 Å². The van der Waals surface area contributed by atoms with E-state index in [4.69, 9.17) is 5.11 Å². The van der Waals surface area contributed by atoms with Crippen LogP contribution in [0, 0.1) is 12.7 Å². The lowest BCUT2D eigenvalue weighted by molar-refractivity contribution is -0.136. The predicted octanol–water partition coefficient (Wildman–Crippen LogP) is 3.12. The second kappa shape index (κ2) is 6.28. The number of aliphatic carboxylic acids is 1. The summed E-state index contributed by atoms with van der Waals surface area (Å²) in [6.45, 7) is 2.46. The summed E-state index contributed by atoms with van der Waals surface area (Å²) in [5, 5.41) is 9.20. The zero-order valence-electron chi connectivity index (χ0n) is 13.1. The maximum Gasteiger partial charge on any atom is 0.308 e. The van der Waals surface area contributed by atoms with E-state index in [9.17, 15) is 14.0 Å². The number of fused-ring (bicyclic) bond motifs is 1. The van der Waals surface area contributed by atoms with Crippen LogP contribution in [0.4, 0.5) is 4.39 Å². The maximum absolute atomic E-state index is 13.5. The van der Waals surface area contributed by atoms with E-state index < -0.39 is 17.2 Å². The molecule has 0 spiro atoms. The molecule has 5 heteroatoms. The van der Waals surface area contributed by atoms with Gasteiger partial charge in [-0.25, -0.2) is 4.39 Å². The van der Waals surface area contributed by atoms with Crippen LogP contribution < -0.4 is 5.43 Å². The highest BCUT2D eigenvalue weighted by molar-refractivity contribution is 5.81. The number of carbonyl (C=O) groups is 1. The Balaban J connectivity index is 2.17. The van der Waals surface area contributed by atoms with Crippen molar-refractivity contribution >= 4 is 16.9 Å². The van der Waals surface area contributed by atoms with E-state index >= 15 is 0 Å². The van der Waals surface area contributed by atoms with Crippen molar-refractivity contribution in [2.24, 2.45) is 0 Å². The standard InChI is InChI=1S/C19H16FNO3/c1-12-2-4-13(5-3-12)10-21-11-14(8-18(22)23)19(24)16-9-15(20)6-7-17(16)21/h2-7,9,11H,8,10H2,1H3,(H,22,23). The summed E-state index contributed by atoms with van der Waals surface area (Å²) < 4.78 is 15.3. The first kappa shape index (κ1) is 15.9. The van der Waals surface area contributed by atoms with Crippen molar-refractivity contribution in [2.75, 3.05) is 0 Å². The summed E-state index contributed by atoms with van der Waals surface area (Å²) in [5.74, 6) is -1.61. The van der Waals surface area contributed by atoms with Crippen molar-refractivity contribution < 1.29 is 14.3 Å². The molecule has 0 atom stereocenters. The van der Waals surface area contributed by atoms with Crippen molar-refractivity contribution in [3.8, 4) is 0 Å². The highest BCUT2D eigenvalue weighted by atomic mass is 19.1. The van der Waals surface area contributed by atoms with E-state index in [0.29, 0.717) is 12.1 Å². The molecule has 3 rings (SSSR count). The van der Waals surface area contributed by atoms with Gasteiger partial charge < -0.3 is 9.67 Å². The first-order chi connectivity index (χ1) is 11.4. The number of benzene rings is 2. The van der Waals surface area contributed by atoms with Crippen LogP contribution in [-0.4, -0.2) is 15.6 Å². The molecule has 1 heterocycles. The summed E-state index contributed by atoms with van der Waals surface area (Å²) >= 11 is 0. The second-order valence-electron chi connectivity index (χ2n) is 5.83. The molecular weight excluding hydrogens is 309 g/mol. The topological polar surface area (TPSA) is 59.3 Å². The third-order valence-electron chi connectivity index (χ3n) is 3.93. The first-order valence-electron chi connectivity index (χ1n) is 7.53. The highest BCUT2D eigenvalue weighted by Crippen LogP contribution is 2.16. The van der Waals surface area contributed by atoms with Gasteiger partial charge in [-0.1, -0.05) is 29.8 Å². The number of aromatic nitrogens is 1. The molecule has 2 aromatic carbocycles. The Morgan fingerprint density at radius 3 is 2.54 bits per heavy atom. The highest BCUT2D eigenvalue weighted by Gasteiger charge is 2.13. The van der Waals surface area contributed by atoms with Crippen molar-refractivity contribution in [1.82, 2.24) is 4.57 Å². The lowest BCUT2D eigenvalue weighted by Crippen LogP contribution is -2.18. The molecule has 1 N–H and O–H groups in total. The van der Waals surface area contributed by atoms with Gasteiger partial charge in [0.15, 0.2) is 5.43 Å². The van der Waals surface area contributed by atoms with Gasteiger partial charge in [-0.15, -0.1) is 0 Å². The number of hydrogen-bond acceptors (Lipinski definition) is 2. The minimum absolute atomic E-state index is 0.146. The number of halogens is 1. The van der Waals surface area contributed by atoms with Gasteiger partial charge in [-0.3, -0.25) is 9.59 Å². The fourth-order valence-corrected chi connectivity index (χ4v) is 2.74. The van der Waals surface area contributed by atoms with Gasteiger partial charge in [0, 0.05) is 23.7 Å². The number of carboxylic acid groups (broad SMARTS) is 1. The second-order valence-corrected chi connectivity index (χ2v) is 5.83. The molecule has 0 bridgehead atoms. The fraction of sp³-hybridized carbons (Fsp3) is 0.158. The first-order valence-corrected chi connectivity index (χ1v) is 7.53. The van der Waals surface area contributed by atoms with Crippen molar-refractivity contribution in [1.29, 1.82) is 0 Å². The molecule has 0 amide bonds. The Morgan fingerprint density at radius 2 is 1.88 bits per heavy atom. The summed E-state index contributed by atoms with van der Waals surface area (Å²) in [7, 11) is 0. The molecule has 0 aliphatic rings. The van der Waals surface area contributed by atoms with Crippen LogP contribution in [0.5, 0.6) is 0 Å². The van der Waals surface area contributed by atoms with E-state index in [2.05, 4.69) is 0 Å². The van der Waals surface area contributed by atoms with Crippen LogP contribution in [0.15, 0.2) is 53.5 Å². The Kier molecular flexibility index (Phi) is 4.16. The van der Waals surface area contributed by atoms with E-state index in [1.807, 2.05) is 31.2 Å². The van der Waals surface area contributed by atoms with Crippen LogP contribution in [0.25, 0.3) is 10.9 Å². The van der Waals surface area contributed by atoms with Crippen LogP contribution in [0.2, 0.25) is 0 Å². The summed E-state index contributed by atoms with van der Waals surface area (Å²) in [6, 6.07) is 11.9. The molecule has 122 valence electrons. The summed E-state index contributed by atoms with van der Waals surface area (Å²) in [6.07, 6.45) is 1.16. The summed E-state index contributed by atoms with van der Waals surface area (Å²) in [4.78, 5) is 23.4. The normalized spacial score (nSPS) is 10.9. The Bertz CT molecular complexity index is 974. The quantitative estimate of drug-likeness (QED) is 0.802. The maximum atomic E-state index is 13.5. The molecule has 3 aromatic rings. The molecule has 0 unspecified atom stereocenters. The molecular formula is C19H16FNO3. The van der Waals surface area contributed by atoms with Gasteiger partial charge >= 0.3 is 5.97 Å². The fourth-order valence-electron chi connectivity index (χ4n) is 2.74. The minimum atomic E-state index is -1.09. The van der Waals surface area contributed by atoms with Crippen molar-refractivity contribution in [2.45, 2.75) is 19.9 Å². The molecule has 0 radical (unpaired) electrons. The van der Waals surface area contributed by atoms with Gasteiger partial charge in [-0.05, 0) is 30.7 Å². The van der Waals surface area contributed by atoms with Gasteiger partial charge in [0.05, 0.1) is 11.9 Å². The van der Waals surface area contributed by atoms with Crippen LogP contribution in [0.3, 0.4) is 0 Å². The molecule has 0 saturated carbocycles. The van der Waals surface area contributed by atoms with Gasteiger partial charge in [0.25, 0.3) is 0 Å². The smallest absolute Gasteiger partial charge is 0.308 e. The average Bonchev–Trinajstić information content (AvgIpc) is 2.53. The van der Waals surface area contributed by atoms with E-state index in [0.717, 1.165) is 17.2 Å². The van der Waals surface area contributed by atoms with Gasteiger partial charge in [0.2, 0.25) is 0 Å². The molecule has 0 fully saturated rings. The average molecular weight is 325 g/mol.